The largest absolute Gasteiger partial charge is 0.471 e. The standard InChI is InChI=1S/C8H8F3N3O/c9-8(10,11)7(15)14-2-1-5-3-12-13-6(5)4-14/h3H,1-2,4H2,(H,12,13). The lowest BCUT2D eigenvalue weighted by Crippen LogP contribution is -2.43. The van der Waals surface area contributed by atoms with Crippen LogP contribution >= 0.6 is 0 Å². The molecule has 1 aliphatic heterocycles. The van der Waals surface area contributed by atoms with Gasteiger partial charge in [-0.05, 0) is 12.0 Å². The number of amides is 1. The van der Waals surface area contributed by atoms with Crippen molar-refractivity contribution >= 4 is 5.91 Å². The molecule has 0 aromatic carbocycles. The first-order chi connectivity index (χ1) is 6.98. The van der Waals surface area contributed by atoms with Crippen molar-refractivity contribution < 1.29 is 18.0 Å². The van der Waals surface area contributed by atoms with Gasteiger partial charge in [-0.3, -0.25) is 9.89 Å². The summed E-state index contributed by atoms with van der Waals surface area (Å²) in [4.78, 5) is 11.7. The SMILES string of the molecule is O=C(N1CCc2cn[nH]c2C1)C(F)(F)F. The molecule has 0 saturated carbocycles. The van der Waals surface area contributed by atoms with Crippen LogP contribution in [0.2, 0.25) is 0 Å². The molecule has 15 heavy (non-hydrogen) atoms. The van der Waals surface area contributed by atoms with Gasteiger partial charge < -0.3 is 4.90 Å². The molecule has 0 unspecified atom stereocenters. The minimum atomic E-state index is -4.79. The fourth-order valence-electron chi connectivity index (χ4n) is 1.57. The quantitative estimate of drug-likeness (QED) is 0.703. The maximum absolute atomic E-state index is 12.1. The summed E-state index contributed by atoms with van der Waals surface area (Å²) >= 11 is 0. The highest BCUT2D eigenvalue weighted by molar-refractivity contribution is 5.82. The van der Waals surface area contributed by atoms with Gasteiger partial charge in [0.05, 0.1) is 18.4 Å². The topological polar surface area (TPSA) is 49.0 Å². The molecule has 2 rings (SSSR count). The van der Waals surface area contributed by atoms with Crippen LogP contribution in [0.4, 0.5) is 13.2 Å². The normalized spacial score (nSPS) is 16.3. The smallest absolute Gasteiger partial charge is 0.329 e. The summed E-state index contributed by atoms with van der Waals surface area (Å²) in [6.45, 7) is 0.0402. The number of nitrogens with zero attached hydrogens (tertiary/aromatic N) is 2. The van der Waals surface area contributed by atoms with E-state index in [2.05, 4.69) is 10.2 Å². The number of nitrogens with one attached hydrogen (secondary N) is 1. The van der Waals surface area contributed by atoms with Crippen LogP contribution in [0.15, 0.2) is 6.20 Å². The van der Waals surface area contributed by atoms with Gasteiger partial charge in [-0.1, -0.05) is 0 Å². The Hall–Kier alpha value is -1.53. The maximum Gasteiger partial charge on any atom is 0.471 e. The number of aromatic amines is 1. The summed E-state index contributed by atoms with van der Waals surface area (Å²) in [6.07, 6.45) is -2.81. The number of carbonyl (C=O) groups excluding carboxylic acids is 1. The molecular weight excluding hydrogens is 211 g/mol. The van der Waals surface area contributed by atoms with Crippen LogP contribution in [0.25, 0.3) is 0 Å². The molecule has 0 fully saturated rings. The van der Waals surface area contributed by atoms with Crippen molar-refractivity contribution in [2.45, 2.75) is 19.1 Å². The van der Waals surface area contributed by atoms with E-state index in [1.165, 1.54) is 0 Å². The highest BCUT2D eigenvalue weighted by Crippen LogP contribution is 2.23. The van der Waals surface area contributed by atoms with Crippen molar-refractivity contribution in [2.75, 3.05) is 6.54 Å². The Morgan fingerprint density at radius 3 is 2.93 bits per heavy atom. The molecule has 1 N–H and O–H groups in total. The Morgan fingerprint density at radius 1 is 1.53 bits per heavy atom. The number of hydrogen-bond donors (Lipinski definition) is 1. The molecule has 1 aromatic heterocycles. The summed E-state index contributed by atoms with van der Waals surface area (Å²) in [5.41, 5.74) is 1.46. The van der Waals surface area contributed by atoms with E-state index >= 15 is 0 Å². The van der Waals surface area contributed by atoms with Gasteiger partial charge >= 0.3 is 12.1 Å². The van der Waals surface area contributed by atoms with E-state index in [-0.39, 0.29) is 13.1 Å². The zero-order chi connectivity index (χ0) is 11.1. The molecule has 0 spiro atoms. The van der Waals surface area contributed by atoms with E-state index in [0.29, 0.717) is 12.1 Å². The van der Waals surface area contributed by atoms with E-state index in [1.54, 1.807) is 6.20 Å². The van der Waals surface area contributed by atoms with Gasteiger partial charge in [0.25, 0.3) is 0 Å². The predicted octanol–water partition coefficient (Wildman–Crippen LogP) is 0.857. The van der Waals surface area contributed by atoms with E-state index in [9.17, 15) is 18.0 Å². The van der Waals surface area contributed by atoms with Gasteiger partial charge in [-0.25, -0.2) is 0 Å². The van der Waals surface area contributed by atoms with E-state index in [4.69, 9.17) is 0 Å². The number of carbonyl (C=O) groups is 1. The van der Waals surface area contributed by atoms with Crippen LogP contribution in [0, 0.1) is 0 Å². The molecule has 2 heterocycles. The van der Waals surface area contributed by atoms with Gasteiger partial charge in [-0.15, -0.1) is 0 Å². The molecule has 1 amide bonds. The van der Waals surface area contributed by atoms with Crippen LogP contribution in [-0.2, 0) is 17.8 Å². The lowest BCUT2D eigenvalue weighted by Gasteiger charge is -2.26. The summed E-state index contributed by atoms with van der Waals surface area (Å²) < 4.78 is 36.4. The number of halogens is 3. The van der Waals surface area contributed by atoms with Crippen molar-refractivity contribution in [1.82, 2.24) is 15.1 Å². The van der Waals surface area contributed by atoms with Crippen molar-refractivity contribution in [2.24, 2.45) is 0 Å². The highest BCUT2D eigenvalue weighted by Gasteiger charge is 2.43. The Balaban J connectivity index is 2.14. The minimum Gasteiger partial charge on any atom is -0.329 e. The van der Waals surface area contributed by atoms with E-state index in [0.717, 1.165) is 10.5 Å². The van der Waals surface area contributed by atoms with Crippen LogP contribution in [-0.4, -0.2) is 33.7 Å². The number of H-pyrrole nitrogens is 1. The Labute approximate surface area is 83.1 Å². The molecule has 1 aliphatic rings. The van der Waals surface area contributed by atoms with Gasteiger partial charge in [0.2, 0.25) is 0 Å². The summed E-state index contributed by atoms with van der Waals surface area (Å²) in [5.74, 6) is -1.79. The molecule has 0 radical (unpaired) electrons. The molecule has 7 heteroatoms. The third-order valence-electron chi connectivity index (χ3n) is 2.34. The van der Waals surface area contributed by atoms with Crippen molar-refractivity contribution in [3.05, 3.63) is 17.5 Å². The molecule has 0 bridgehead atoms. The van der Waals surface area contributed by atoms with Crippen LogP contribution in [0.5, 0.6) is 0 Å². The van der Waals surface area contributed by atoms with E-state index in [1.807, 2.05) is 0 Å². The van der Waals surface area contributed by atoms with E-state index < -0.39 is 12.1 Å². The van der Waals surface area contributed by atoms with Crippen LogP contribution in [0.3, 0.4) is 0 Å². The lowest BCUT2D eigenvalue weighted by atomic mass is 10.1. The Morgan fingerprint density at radius 2 is 2.27 bits per heavy atom. The molecule has 1 aromatic rings. The highest BCUT2D eigenvalue weighted by atomic mass is 19.4. The molecule has 4 nitrogen and oxygen atoms in total. The molecular formula is C8H8F3N3O. The lowest BCUT2D eigenvalue weighted by molar-refractivity contribution is -0.186. The average Bonchev–Trinajstić information content (AvgIpc) is 2.61. The fraction of sp³-hybridized carbons (Fsp3) is 0.500. The number of aromatic nitrogens is 2. The first-order valence-electron chi connectivity index (χ1n) is 4.35. The second-order valence-electron chi connectivity index (χ2n) is 3.35. The van der Waals surface area contributed by atoms with Gasteiger partial charge in [0.1, 0.15) is 0 Å². The first kappa shape index (κ1) is 10.0. The monoisotopic (exact) mass is 219 g/mol. The summed E-state index contributed by atoms with van der Waals surface area (Å²) in [6, 6.07) is 0. The van der Waals surface area contributed by atoms with Gasteiger partial charge in [0.15, 0.2) is 0 Å². The molecule has 0 atom stereocenters. The minimum absolute atomic E-state index is 0.0479. The Bertz CT molecular complexity index is 385. The Kier molecular flexibility index (Phi) is 2.17. The fourth-order valence-corrected chi connectivity index (χ4v) is 1.57. The maximum atomic E-state index is 12.1. The van der Waals surface area contributed by atoms with Crippen LogP contribution in [0.1, 0.15) is 11.3 Å². The number of hydrogen-bond acceptors (Lipinski definition) is 2. The third kappa shape index (κ3) is 1.81. The number of fused-ring (bicyclic) bond motifs is 1. The second kappa shape index (κ2) is 3.25. The van der Waals surface area contributed by atoms with Crippen molar-refractivity contribution in [3.8, 4) is 0 Å². The third-order valence-corrected chi connectivity index (χ3v) is 2.34. The zero-order valence-corrected chi connectivity index (χ0v) is 7.64. The summed E-state index contributed by atoms with van der Waals surface area (Å²) in [5, 5.41) is 6.30. The molecule has 82 valence electrons. The number of alkyl halides is 3. The number of rotatable bonds is 0. The second-order valence-corrected chi connectivity index (χ2v) is 3.35. The van der Waals surface area contributed by atoms with Crippen LogP contribution < -0.4 is 0 Å². The van der Waals surface area contributed by atoms with Crippen molar-refractivity contribution in [1.29, 1.82) is 0 Å². The van der Waals surface area contributed by atoms with Crippen molar-refractivity contribution in [3.63, 3.8) is 0 Å². The average molecular weight is 219 g/mol. The summed E-state index contributed by atoms with van der Waals surface area (Å²) in [7, 11) is 0. The molecule has 0 saturated heterocycles. The van der Waals surface area contributed by atoms with Gasteiger partial charge in [0, 0.05) is 6.54 Å². The predicted molar refractivity (Wildman–Crippen MR) is 43.8 cm³/mol. The first-order valence-corrected chi connectivity index (χ1v) is 4.35. The molecule has 0 aliphatic carbocycles. The van der Waals surface area contributed by atoms with Gasteiger partial charge in [-0.2, -0.15) is 18.3 Å². The zero-order valence-electron chi connectivity index (χ0n) is 7.64.